The minimum atomic E-state index is -3.60. The molecular weight excluding hydrogens is 1740 g/mol. The van der Waals surface area contributed by atoms with Gasteiger partial charge in [-0.2, -0.15) is 12.9 Å². The number of carbonyl (C=O) groups excluding carboxylic acids is 4. The van der Waals surface area contributed by atoms with Gasteiger partial charge < -0.3 is 65.4 Å². The highest BCUT2D eigenvalue weighted by Gasteiger charge is 2.52. The Morgan fingerprint density at radius 2 is 0.885 bits per heavy atom. The molecule has 0 unspecified atom stereocenters. The highest BCUT2D eigenvalue weighted by molar-refractivity contribution is 9.10. The number of rotatable bonds is 24. The molecule has 662 valence electrons. The molecule has 28 nitrogen and oxygen atoms in total. The van der Waals surface area contributed by atoms with E-state index in [1.807, 2.05) is 145 Å². The lowest BCUT2D eigenvalue weighted by Crippen LogP contribution is -2.53. The van der Waals surface area contributed by atoms with Crippen LogP contribution in [0.3, 0.4) is 0 Å². The zero-order chi connectivity index (χ0) is 90.0. The Hall–Kier alpha value is -8.33. The van der Waals surface area contributed by atoms with E-state index in [1.165, 1.54) is 4.31 Å². The summed E-state index contributed by atoms with van der Waals surface area (Å²) < 4.78 is 106. The minimum absolute atomic E-state index is 0.103. The number of nitrogens with one attached hydrogen (secondary N) is 2. The summed E-state index contributed by atoms with van der Waals surface area (Å²) in [5.41, 5.74) is 16.5. The standard InChI is InChI=1S/C35H46N6O5S.C23H29BrN4O3.C18H29BN2O4S.C12H17BrN2O2S/c1-7-16-40(17-9-8-15-37-34(43)46-35(2,3)4)33(42)29-18-28-14-13-27(20-31(28)38-32(36)21-29)26-11-10-12-30(19-26)47(44,45)41-23-25(24-41)22-39(5)6;1-5-11-28(12-7-6-10-26-22(30)31-23(2,3)4)21(29)17-13-16-8-9-18(24)15-19(16)27-20(25)14-17;1-17(2)18(3,4)25-19(24-17)15-8-7-9-16(10-15)26(22,23)21-12-14(13-21)11-20(5)6;1-14(2)7-10-8-15(9-10)18(16,17)12-5-3-4-11(13)6-12/h10-14,18-20,25H,7,15-17,21-24H2,1-6H3,(H2,36,38)(H,37,43);8-9,13,15H,5,10-12,14H2,1-4H3,(H2,25,27)(H,26,30);7-10,14H,11-13H2,1-6H3;3-6,10H,7-9H2,1-2H3. The van der Waals surface area contributed by atoms with Crippen LogP contribution in [0, 0.1) is 41.4 Å². The number of benzene rings is 5. The zero-order valence-corrected chi connectivity index (χ0v) is 79.2. The van der Waals surface area contributed by atoms with Crippen LogP contribution in [0.4, 0.5) is 21.0 Å². The Kier molecular flexibility index (Phi) is 35.0. The third-order valence-electron chi connectivity index (χ3n) is 20.2. The summed E-state index contributed by atoms with van der Waals surface area (Å²) in [6.07, 6.45) is 4.56. The van der Waals surface area contributed by atoms with Crippen molar-refractivity contribution in [3.8, 4) is 34.8 Å². The van der Waals surface area contributed by atoms with Gasteiger partial charge in [0.25, 0.3) is 11.8 Å². The number of hydrogen-bond donors (Lipinski definition) is 4. The van der Waals surface area contributed by atoms with Crippen LogP contribution in [0.2, 0.25) is 0 Å². The molecular formula is C88H121BBr2N14O14S3. The van der Waals surface area contributed by atoms with Gasteiger partial charge in [-0.3, -0.25) is 9.59 Å². The third kappa shape index (κ3) is 28.6. The molecule has 6 N–H and O–H groups in total. The molecule has 4 amide bonds. The van der Waals surface area contributed by atoms with Crippen molar-refractivity contribution in [2.45, 2.75) is 146 Å². The van der Waals surface area contributed by atoms with Gasteiger partial charge in [0.05, 0.1) is 63.4 Å². The summed E-state index contributed by atoms with van der Waals surface area (Å²) in [4.78, 5) is 69.9. The maximum absolute atomic E-state index is 13.6. The number of amides is 4. The molecule has 0 radical (unpaired) electrons. The molecule has 0 aromatic heterocycles. The van der Waals surface area contributed by atoms with Crippen LogP contribution < -0.4 is 27.6 Å². The maximum Gasteiger partial charge on any atom is 0.494 e. The van der Waals surface area contributed by atoms with E-state index in [0.29, 0.717) is 108 Å². The molecule has 0 atom stereocenters. The first kappa shape index (κ1) is 99.1. The number of sulfonamides is 3. The van der Waals surface area contributed by atoms with Gasteiger partial charge in [-0.05, 0) is 232 Å². The number of ether oxygens (including phenoxy) is 2. The van der Waals surface area contributed by atoms with Crippen molar-refractivity contribution >= 4 is 134 Å². The van der Waals surface area contributed by atoms with E-state index >= 15 is 0 Å². The second kappa shape index (κ2) is 43.0. The first-order valence-corrected chi connectivity index (χ1v) is 46.7. The summed E-state index contributed by atoms with van der Waals surface area (Å²) in [6, 6.07) is 32.0. The van der Waals surface area contributed by atoms with Crippen molar-refractivity contribution in [3.63, 3.8) is 0 Å². The van der Waals surface area contributed by atoms with E-state index in [0.717, 1.165) is 74.8 Å². The lowest BCUT2D eigenvalue weighted by atomic mass is 9.79. The van der Waals surface area contributed by atoms with Gasteiger partial charge in [0.2, 0.25) is 30.1 Å². The van der Waals surface area contributed by atoms with E-state index in [1.54, 1.807) is 121 Å². The average Bonchev–Trinajstić information content (AvgIpc) is 1.04. The number of amidine groups is 2. The Balaban J connectivity index is 0.000000214. The second-order valence-corrected chi connectivity index (χ2v) is 42.4. The van der Waals surface area contributed by atoms with E-state index in [4.69, 9.17) is 30.2 Å². The van der Waals surface area contributed by atoms with Gasteiger partial charge >= 0.3 is 19.3 Å². The van der Waals surface area contributed by atoms with Gasteiger partial charge in [0.15, 0.2) is 0 Å². The largest absolute Gasteiger partial charge is 0.494 e. The number of alkyl carbamates (subject to hydrolysis) is 2. The first-order valence-electron chi connectivity index (χ1n) is 40.8. The van der Waals surface area contributed by atoms with Crippen LogP contribution in [0.5, 0.6) is 0 Å². The molecule has 0 aliphatic carbocycles. The van der Waals surface area contributed by atoms with Gasteiger partial charge in [-0.15, -0.1) is 0 Å². The van der Waals surface area contributed by atoms with Gasteiger partial charge in [-0.25, -0.2) is 44.8 Å². The van der Waals surface area contributed by atoms with Gasteiger partial charge in [-0.1, -0.05) is 118 Å². The van der Waals surface area contributed by atoms with Crippen LogP contribution in [0.15, 0.2) is 154 Å². The van der Waals surface area contributed by atoms with Crippen LogP contribution in [-0.2, 0) is 58.4 Å². The summed E-state index contributed by atoms with van der Waals surface area (Å²) in [7, 11) is 1.05. The number of carbonyl (C=O) groups is 4. The fourth-order valence-electron chi connectivity index (χ4n) is 13.7. The Morgan fingerprint density at radius 1 is 0.516 bits per heavy atom. The molecule has 5 aromatic carbocycles. The van der Waals surface area contributed by atoms with Gasteiger partial charge in [0, 0.05) is 116 Å². The number of nitrogens with two attached hydrogens (primary N) is 2. The number of halogens is 2. The van der Waals surface area contributed by atoms with E-state index < -0.39 is 71.8 Å². The van der Waals surface area contributed by atoms with Crippen molar-refractivity contribution < 1.29 is 63.2 Å². The summed E-state index contributed by atoms with van der Waals surface area (Å²) in [5, 5.41) is 5.17. The zero-order valence-electron chi connectivity index (χ0n) is 73.6. The Morgan fingerprint density at radius 3 is 1.29 bits per heavy atom. The topological polar surface area (TPSA) is 334 Å². The van der Waals surface area contributed by atoms with Crippen LogP contribution in [0.25, 0.3) is 23.3 Å². The lowest BCUT2D eigenvalue weighted by molar-refractivity contribution is -0.127. The summed E-state index contributed by atoms with van der Waals surface area (Å²) in [5.74, 6) is 13.2. The quantitative estimate of drug-likeness (QED) is 0.0329. The number of aliphatic imine (C=N–C) groups is 2. The smallest absolute Gasteiger partial charge is 0.444 e. The molecule has 5 aromatic rings. The lowest BCUT2D eigenvalue weighted by Gasteiger charge is -2.39. The average molecular weight is 1870 g/mol. The fourth-order valence-corrected chi connectivity index (χ4v) is 19.5. The molecule has 34 heteroatoms. The predicted octanol–water partition coefficient (Wildman–Crippen LogP) is 10.9. The molecule has 6 aliphatic rings. The molecule has 6 heterocycles. The minimum Gasteiger partial charge on any atom is -0.444 e. The molecule has 0 bridgehead atoms. The van der Waals surface area contributed by atoms with Crippen molar-refractivity contribution in [2.75, 3.05) is 140 Å². The predicted molar refractivity (Wildman–Crippen MR) is 490 cm³/mol. The number of nitrogens with zero attached hydrogens (tertiary/aromatic N) is 10. The molecule has 0 spiro atoms. The number of fused-ring (bicyclic) bond motifs is 2. The van der Waals surface area contributed by atoms with Gasteiger partial charge in [0.1, 0.15) is 22.9 Å². The SMILES string of the molecule is CCCN(CC#CCNC(=O)OC(C)(C)C)C(=O)C1=Cc2ccc(-c3cccc(S(=O)(=O)N4CC(CN(C)C)C4)c3)cc2N=C(N)C1.CCCN(CC#CCNC(=O)OC(C)(C)C)C(=O)C1=Cc2ccc(Br)cc2N=C(N)C1.CN(C)CC1CN(S(=O)(=O)c2cccc(B3OC(C)(C)C(C)(C)O3)c2)C1.CN(C)CC1CN(S(=O)(=O)c2cccc(Br)c2)C1. The molecule has 6 aliphatic heterocycles. The van der Waals surface area contributed by atoms with Crippen LogP contribution in [0.1, 0.15) is 120 Å². The second-order valence-electron chi connectivity index (χ2n) is 34.7. The van der Waals surface area contributed by atoms with Crippen molar-refractivity contribution in [3.05, 3.63) is 140 Å². The van der Waals surface area contributed by atoms with Crippen LogP contribution >= 0.6 is 31.9 Å². The van der Waals surface area contributed by atoms with Crippen molar-refractivity contribution in [2.24, 2.45) is 39.2 Å². The molecule has 0 saturated carbocycles. The van der Waals surface area contributed by atoms with Crippen molar-refractivity contribution in [1.29, 1.82) is 0 Å². The maximum atomic E-state index is 13.6. The van der Waals surface area contributed by atoms with Crippen molar-refractivity contribution in [1.82, 2.24) is 48.0 Å². The molecule has 122 heavy (non-hydrogen) atoms. The van der Waals surface area contributed by atoms with E-state index in [9.17, 15) is 44.4 Å². The Labute approximate surface area is 740 Å². The highest BCUT2D eigenvalue weighted by Crippen LogP contribution is 2.39. The molecule has 11 rings (SSSR count). The fraction of sp³-hybridized carbons (Fsp3) is 0.500. The molecule has 4 fully saturated rings. The third-order valence-corrected chi connectivity index (χ3v) is 26.7. The normalized spacial score (nSPS) is 16.8. The first-order chi connectivity index (χ1) is 57.1. The van der Waals surface area contributed by atoms with Crippen LogP contribution in [-0.4, -0.2) is 268 Å². The molecule has 4 saturated heterocycles. The highest BCUT2D eigenvalue weighted by atomic mass is 79.9. The van der Waals surface area contributed by atoms with E-state index in [2.05, 4.69) is 90.9 Å². The summed E-state index contributed by atoms with van der Waals surface area (Å²) >= 11 is 6.73. The van der Waals surface area contributed by atoms with E-state index in [-0.39, 0.29) is 55.7 Å². The monoisotopic (exact) mass is 1860 g/mol. The summed E-state index contributed by atoms with van der Waals surface area (Å²) in [6.45, 7) is 30.5. The Bertz CT molecular complexity index is 5170. The number of hydrogen-bond acceptors (Lipinski definition) is 21.